The highest BCUT2D eigenvalue weighted by Gasteiger charge is 2.14. The Bertz CT molecular complexity index is 508. The van der Waals surface area contributed by atoms with Crippen LogP contribution >= 0.6 is 11.3 Å². The second-order valence-electron chi connectivity index (χ2n) is 3.73. The van der Waals surface area contributed by atoms with Crippen molar-refractivity contribution in [3.05, 3.63) is 52.2 Å². The number of hydrogen-bond donors (Lipinski definition) is 2. The van der Waals surface area contributed by atoms with E-state index in [-0.39, 0.29) is 17.7 Å². The number of thiophene rings is 1. The second kappa shape index (κ2) is 5.01. The zero-order valence-electron chi connectivity index (χ0n) is 9.38. The lowest BCUT2D eigenvalue weighted by Crippen LogP contribution is -2.26. The lowest BCUT2D eigenvalue weighted by molar-refractivity contribution is 0.0938. The summed E-state index contributed by atoms with van der Waals surface area (Å²) in [4.78, 5) is 13.0. The lowest BCUT2D eigenvalue weighted by atomic mass is 10.1. The average molecular weight is 247 g/mol. The molecule has 0 saturated carbocycles. The van der Waals surface area contributed by atoms with Crippen LogP contribution in [-0.4, -0.2) is 11.0 Å². The van der Waals surface area contributed by atoms with Crippen molar-refractivity contribution < 1.29 is 9.90 Å². The SMILES string of the molecule is CC(NC(=O)c1ccccc1O)c1cccs1. The molecule has 1 atom stereocenters. The van der Waals surface area contributed by atoms with Gasteiger partial charge in [-0.15, -0.1) is 11.3 Å². The summed E-state index contributed by atoms with van der Waals surface area (Å²) in [5, 5.41) is 14.4. The number of benzene rings is 1. The Labute approximate surface area is 104 Å². The maximum absolute atomic E-state index is 11.9. The fourth-order valence-corrected chi connectivity index (χ4v) is 2.28. The minimum absolute atomic E-state index is 0.00313. The molecule has 0 aliphatic heterocycles. The van der Waals surface area contributed by atoms with Gasteiger partial charge >= 0.3 is 0 Å². The molecule has 0 aliphatic rings. The predicted molar refractivity (Wildman–Crippen MR) is 68.3 cm³/mol. The van der Waals surface area contributed by atoms with Crippen LogP contribution in [0.5, 0.6) is 5.75 Å². The summed E-state index contributed by atoms with van der Waals surface area (Å²) in [5.74, 6) is -0.257. The van der Waals surface area contributed by atoms with E-state index in [1.54, 1.807) is 29.5 Å². The topological polar surface area (TPSA) is 49.3 Å². The Morgan fingerprint density at radius 1 is 1.29 bits per heavy atom. The van der Waals surface area contributed by atoms with Crippen molar-refractivity contribution in [3.63, 3.8) is 0 Å². The largest absolute Gasteiger partial charge is 0.507 e. The van der Waals surface area contributed by atoms with Gasteiger partial charge < -0.3 is 10.4 Å². The van der Waals surface area contributed by atoms with E-state index < -0.39 is 0 Å². The highest BCUT2D eigenvalue weighted by molar-refractivity contribution is 7.10. The van der Waals surface area contributed by atoms with Crippen LogP contribution < -0.4 is 5.32 Å². The highest BCUT2D eigenvalue weighted by Crippen LogP contribution is 2.20. The molecule has 1 heterocycles. The van der Waals surface area contributed by atoms with Gasteiger partial charge in [0.25, 0.3) is 5.91 Å². The van der Waals surface area contributed by atoms with Crippen molar-refractivity contribution in [2.75, 3.05) is 0 Å². The molecule has 2 rings (SSSR count). The molecule has 4 heteroatoms. The summed E-state index contributed by atoms with van der Waals surface area (Å²) < 4.78 is 0. The molecule has 0 aliphatic carbocycles. The summed E-state index contributed by atoms with van der Waals surface area (Å²) in [6.45, 7) is 1.92. The molecule has 2 aromatic rings. The number of para-hydroxylation sites is 1. The van der Waals surface area contributed by atoms with Crippen molar-refractivity contribution >= 4 is 17.2 Å². The third kappa shape index (κ3) is 2.65. The third-order valence-corrected chi connectivity index (χ3v) is 3.52. The van der Waals surface area contributed by atoms with Gasteiger partial charge in [0.15, 0.2) is 0 Å². The predicted octanol–water partition coefficient (Wildman–Crippen LogP) is 2.94. The molecule has 0 fully saturated rings. The third-order valence-electron chi connectivity index (χ3n) is 2.47. The zero-order valence-corrected chi connectivity index (χ0v) is 10.2. The van der Waals surface area contributed by atoms with Crippen LogP contribution in [0.2, 0.25) is 0 Å². The van der Waals surface area contributed by atoms with Gasteiger partial charge in [0.1, 0.15) is 5.75 Å². The van der Waals surface area contributed by atoms with Crippen molar-refractivity contribution in [1.29, 1.82) is 0 Å². The fourth-order valence-electron chi connectivity index (χ4n) is 1.55. The van der Waals surface area contributed by atoms with Crippen LogP contribution in [0.25, 0.3) is 0 Å². The number of hydrogen-bond acceptors (Lipinski definition) is 3. The molecule has 1 aromatic heterocycles. The Kier molecular flexibility index (Phi) is 3.44. The molecule has 0 radical (unpaired) electrons. The normalized spacial score (nSPS) is 12.1. The molecule has 17 heavy (non-hydrogen) atoms. The van der Waals surface area contributed by atoms with Gasteiger partial charge in [-0.05, 0) is 30.5 Å². The molecule has 0 saturated heterocycles. The zero-order chi connectivity index (χ0) is 12.3. The maximum Gasteiger partial charge on any atom is 0.255 e. The maximum atomic E-state index is 11.9. The second-order valence-corrected chi connectivity index (χ2v) is 4.71. The molecule has 0 spiro atoms. The molecule has 2 N–H and O–H groups in total. The number of amides is 1. The molecule has 88 valence electrons. The lowest BCUT2D eigenvalue weighted by Gasteiger charge is -2.12. The van der Waals surface area contributed by atoms with E-state index in [1.165, 1.54) is 6.07 Å². The molecule has 1 unspecified atom stereocenters. The van der Waals surface area contributed by atoms with Gasteiger partial charge in [0, 0.05) is 4.88 Å². The van der Waals surface area contributed by atoms with E-state index >= 15 is 0 Å². The van der Waals surface area contributed by atoms with Gasteiger partial charge in [-0.2, -0.15) is 0 Å². The number of aromatic hydroxyl groups is 1. The fraction of sp³-hybridized carbons (Fsp3) is 0.154. The first-order valence-corrected chi connectivity index (χ1v) is 6.18. The van der Waals surface area contributed by atoms with Crippen molar-refractivity contribution in [3.8, 4) is 5.75 Å². The number of nitrogens with one attached hydrogen (secondary N) is 1. The van der Waals surface area contributed by atoms with Crippen LogP contribution in [0.3, 0.4) is 0 Å². The molecule has 3 nitrogen and oxygen atoms in total. The molecule has 1 amide bonds. The van der Waals surface area contributed by atoms with E-state index in [1.807, 2.05) is 24.4 Å². The summed E-state index contributed by atoms with van der Waals surface area (Å²) >= 11 is 1.60. The first-order chi connectivity index (χ1) is 8.18. The van der Waals surface area contributed by atoms with E-state index in [9.17, 15) is 9.90 Å². The van der Waals surface area contributed by atoms with Gasteiger partial charge in [-0.3, -0.25) is 4.79 Å². The summed E-state index contributed by atoms with van der Waals surface area (Å²) in [5.41, 5.74) is 0.302. The number of phenolic OH excluding ortho intramolecular Hbond substituents is 1. The van der Waals surface area contributed by atoms with E-state index in [0.29, 0.717) is 5.56 Å². The van der Waals surface area contributed by atoms with Crippen molar-refractivity contribution in [2.24, 2.45) is 0 Å². The number of phenols is 1. The standard InChI is InChI=1S/C13H13NO2S/c1-9(12-7-4-8-17-12)14-13(16)10-5-2-3-6-11(10)15/h2-9,15H,1H3,(H,14,16). The van der Waals surface area contributed by atoms with Crippen LogP contribution in [0.1, 0.15) is 28.2 Å². The minimum atomic E-state index is -0.260. The van der Waals surface area contributed by atoms with Gasteiger partial charge in [-0.1, -0.05) is 18.2 Å². The molecular weight excluding hydrogens is 234 g/mol. The van der Waals surface area contributed by atoms with Gasteiger partial charge in [-0.25, -0.2) is 0 Å². The first-order valence-electron chi connectivity index (χ1n) is 5.30. The number of rotatable bonds is 3. The highest BCUT2D eigenvalue weighted by atomic mass is 32.1. The van der Waals surface area contributed by atoms with Gasteiger partial charge in [0.2, 0.25) is 0 Å². The minimum Gasteiger partial charge on any atom is -0.507 e. The quantitative estimate of drug-likeness (QED) is 0.876. The average Bonchev–Trinajstić information content (AvgIpc) is 2.82. The van der Waals surface area contributed by atoms with Crippen LogP contribution in [-0.2, 0) is 0 Å². The first kappa shape index (κ1) is 11.7. The Morgan fingerprint density at radius 3 is 2.71 bits per heavy atom. The Hall–Kier alpha value is -1.81. The van der Waals surface area contributed by atoms with E-state index in [4.69, 9.17) is 0 Å². The van der Waals surface area contributed by atoms with Crippen molar-refractivity contribution in [2.45, 2.75) is 13.0 Å². The van der Waals surface area contributed by atoms with E-state index in [0.717, 1.165) is 4.88 Å². The van der Waals surface area contributed by atoms with Crippen LogP contribution in [0, 0.1) is 0 Å². The summed E-state index contributed by atoms with van der Waals surface area (Å²) in [6, 6.07) is 10.4. The van der Waals surface area contributed by atoms with Gasteiger partial charge in [0.05, 0.1) is 11.6 Å². The number of carbonyl (C=O) groups excluding carboxylic acids is 1. The van der Waals surface area contributed by atoms with E-state index in [2.05, 4.69) is 5.32 Å². The molecule has 1 aromatic carbocycles. The van der Waals surface area contributed by atoms with Crippen LogP contribution in [0.4, 0.5) is 0 Å². The Morgan fingerprint density at radius 2 is 2.06 bits per heavy atom. The molecule has 0 bridgehead atoms. The monoisotopic (exact) mass is 247 g/mol. The van der Waals surface area contributed by atoms with Crippen molar-refractivity contribution in [1.82, 2.24) is 5.32 Å². The van der Waals surface area contributed by atoms with Crippen LogP contribution in [0.15, 0.2) is 41.8 Å². The summed E-state index contributed by atoms with van der Waals surface area (Å²) in [6.07, 6.45) is 0. The number of carbonyl (C=O) groups is 1. The molecular formula is C13H13NO2S. The summed E-state index contributed by atoms with van der Waals surface area (Å²) in [7, 11) is 0. The smallest absolute Gasteiger partial charge is 0.255 e. The Balaban J connectivity index is 2.10.